The molecule has 1 aromatic rings. The van der Waals surface area contributed by atoms with Crippen molar-refractivity contribution in [3.05, 3.63) is 35.6 Å². The van der Waals surface area contributed by atoms with Gasteiger partial charge in [-0.2, -0.15) is 0 Å². The Morgan fingerprint density at radius 2 is 2.00 bits per heavy atom. The molecule has 1 amide bonds. The second-order valence-electron chi connectivity index (χ2n) is 6.58. The molecule has 0 aliphatic carbocycles. The molecular formula is C18H25FN2O2. The van der Waals surface area contributed by atoms with Crippen molar-refractivity contribution in [1.82, 2.24) is 10.2 Å². The highest BCUT2D eigenvalue weighted by Crippen LogP contribution is 2.22. The van der Waals surface area contributed by atoms with Gasteiger partial charge in [0, 0.05) is 32.1 Å². The number of likely N-dealkylation sites (tertiary alicyclic amines) is 1. The second kappa shape index (κ2) is 7.88. The van der Waals surface area contributed by atoms with Crippen LogP contribution in [-0.2, 0) is 16.0 Å². The molecule has 1 N–H and O–H groups in total. The first-order valence-electron chi connectivity index (χ1n) is 8.54. The zero-order chi connectivity index (χ0) is 16.1. The minimum absolute atomic E-state index is 0.160. The van der Waals surface area contributed by atoms with E-state index in [9.17, 15) is 9.18 Å². The van der Waals surface area contributed by atoms with Gasteiger partial charge in [-0.15, -0.1) is 0 Å². The number of benzene rings is 1. The topological polar surface area (TPSA) is 41.6 Å². The maximum atomic E-state index is 12.9. The van der Waals surface area contributed by atoms with Crippen molar-refractivity contribution < 1.29 is 13.9 Å². The molecule has 23 heavy (non-hydrogen) atoms. The summed E-state index contributed by atoms with van der Waals surface area (Å²) in [5.74, 6) is 0.628. The number of morpholine rings is 1. The summed E-state index contributed by atoms with van der Waals surface area (Å²) < 4.78 is 18.3. The van der Waals surface area contributed by atoms with Gasteiger partial charge in [0.25, 0.3) is 0 Å². The fourth-order valence-corrected chi connectivity index (χ4v) is 3.43. The summed E-state index contributed by atoms with van der Waals surface area (Å²) in [7, 11) is 0. The zero-order valence-corrected chi connectivity index (χ0v) is 13.5. The van der Waals surface area contributed by atoms with Crippen molar-refractivity contribution >= 4 is 5.91 Å². The third-order valence-corrected chi connectivity index (χ3v) is 4.82. The Morgan fingerprint density at radius 3 is 2.65 bits per heavy atom. The third-order valence-electron chi connectivity index (χ3n) is 4.82. The molecule has 1 aromatic carbocycles. The van der Waals surface area contributed by atoms with Crippen LogP contribution in [0.1, 0.15) is 24.8 Å². The number of hydrogen-bond donors (Lipinski definition) is 1. The smallest absolute Gasteiger partial charge is 0.224 e. The largest absolute Gasteiger partial charge is 0.378 e. The first-order valence-corrected chi connectivity index (χ1v) is 8.54. The van der Waals surface area contributed by atoms with E-state index in [-0.39, 0.29) is 17.8 Å². The van der Waals surface area contributed by atoms with Gasteiger partial charge in [-0.25, -0.2) is 4.39 Å². The van der Waals surface area contributed by atoms with Gasteiger partial charge in [0.1, 0.15) is 5.82 Å². The van der Waals surface area contributed by atoms with Crippen molar-refractivity contribution in [2.24, 2.45) is 5.92 Å². The molecule has 4 nitrogen and oxygen atoms in total. The summed E-state index contributed by atoms with van der Waals surface area (Å²) in [6.45, 7) is 3.86. The Bertz CT molecular complexity index is 506. The molecule has 0 aromatic heterocycles. The van der Waals surface area contributed by atoms with Crippen molar-refractivity contribution in [2.45, 2.75) is 31.7 Å². The van der Waals surface area contributed by atoms with E-state index in [4.69, 9.17) is 4.74 Å². The molecule has 1 atom stereocenters. The number of ether oxygens (including phenoxy) is 1. The maximum Gasteiger partial charge on any atom is 0.224 e. The molecule has 126 valence electrons. The molecule has 2 aliphatic heterocycles. The number of hydrogen-bond acceptors (Lipinski definition) is 3. The average molecular weight is 320 g/mol. The molecule has 3 rings (SSSR count). The first-order chi connectivity index (χ1) is 11.2. The molecule has 0 saturated carbocycles. The van der Waals surface area contributed by atoms with E-state index < -0.39 is 0 Å². The zero-order valence-electron chi connectivity index (χ0n) is 13.5. The highest BCUT2D eigenvalue weighted by atomic mass is 19.1. The van der Waals surface area contributed by atoms with E-state index in [1.807, 2.05) is 17.0 Å². The second-order valence-corrected chi connectivity index (χ2v) is 6.58. The van der Waals surface area contributed by atoms with E-state index in [1.165, 1.54) is 17.7 Å². The summed E-state index contributed by atoms with van der Waals surface area (Å²) in [6, 6.07) is 6.93. The highest BCUT2D eigenvalue weighted by molar-refractivity contribution is 5.77. The van der Waals surface area contributed by atoms with Crippen molar-refractivity contribution in [3.63, 3.8) is 0 Å². The number of halogens is 1. The lowest BCUT2D eigenvalue weighted by Gasteiger charge is -2.33. The van der Waals surface area contributed by atoms with Crippen LogP contribution in [-0.4, -0.2) is 49.7 Å². The van der Waals surface area contributed by atoms with Crippen LogP contribution in [0.5, 0.6) is 0 Å². The fourth-order valence-electron chi connectivity index (χ4n) is 3.43. The monoisotopic (exact) mass is 320 g/mol. The Morgan fingerprint density at radius 1 is 1.26 bits per heavy atom. The minimum Gasteiger partial charge on any atom is -0.378 e. The van der Waals surface area contributed by atoms with Gasteiger partial charge in [0.15, 0.2) is 0 Å². The van der Waals surface area contributed by atoms with Gasteiger partial charge in [-0.05, 0) is 42.9 Å². The number of rotatable bonds is 4. The summed E-state index contributed by atoms with van der Waals surface area (Å²) >= 11 is 0. The average Bonchev–Trinajstić information content (AvgIpc) is 2.58. The van der Waals surface area contributed by atoms with E-state index >= 15 is 0 Å². The number of nitrogens with zero attached hydrogens (tertiary/aromatic N) is 1. The van der Waals surface area contributed by atoms with E-state index in [2.05, 4.69) is 5.32 Å². The number of amides is 1. The molecule has 2 saturated heterocycles. The Kier molecular flexibility index (Phi) is 5.62. The molecule has 2 fully saturated rings. The Hall–Kier alpha value is -1.46. The number of nitrogens with one attached hydrogen (secondary N) is 1. The van der Waals surface area contributed by atoms with Crippen molar-refractivity contribution in [2.75, 3.05) is 32.8 Å². The van der Waals surface area contributed by atoms with Crippen LogP contribution in [0.2, 0.25) is 0 Å². The molecule has 5 heteroatoms. The predicted molar refractivity (Wildman–Crippen MR) is 86.6 cm³/mol. The van der Waals surface area contributed by atoms with Gasteiger partial charge in [-0.3, -0.25) is 4.79 Å². The van der Waals surface area contributed by atoms with E-state index in [1.54, 1.807) is 0 Å². The van der Waals surface area contributed by atoms with Crippen LogP contribution in [0.4, 0.5) is 4.39 Å². The first kappa shape index (κ1) is 16.4. The quantitative estimate of drug-likeness (QED) is 0.922. The lowest BCUT2D eigenvalue weighted by atomic mass is 9.90. The van der Waals surface area contributed by atoms with Crippen LogP contribution in [0.15, 0.2) is 24.3 Å². The maximum absolute atomic E-state index is 12.9. The number of piperidine rings is 1. The SMILES string of the molecule is O=C(C[C@H]1COCCN1)N1CCC(Cc2ccc(F)cc2)CC1. The fraction of sp³-hybridized carbons (Fsp3) is 0.611. The van der Waals surface area contributed by atoms with Crippen LogP contribution in [0, 0.1) is 11.7 Å². The summed E-state index contributed by atoms with van der Waals surface area (Å²) in [5, 5.41) is 3.33. The molecule has 2 aliphatic rings. The summed E-state index contributed by atoms with van der Waals surface area (Å²) in [6.07, 6.45) is 3.55. The molecule has 0 bridgehead atoms. The molecular weight excluding hydrogens is 295 g/mol. The third kappa shape index (κ3) is 4.75. The summed E-state index contributed by atoms with van der Waals surface area (Å²) in [5.41, 5.74) is 1.18. The normalized spacial score (nSPS) is 23.0. The molecule has 2 heterocycles. The van der Waals surface area contributed by atoms with Crippen LogP contribution >= 0.6 is 0 Å². The van der Waals surface area contributed by atoms with Crippen LogP contribution < -0.4 is 5.32 Å². The minimum atomic E-state index is -0.186. The Balaban J connectivity index is 1.42. The summed E-state index contributed by atoms with van der Waals surface area (Å²) in [4.78, 5) is 14.3. The lowest BCUT2D eigenvalue weighted by molar-refractivity contribution is -0.133. The number of carbonyl (C=O) groups excluding carboxylic acids is 1. The van der Waals surface area contributed by atoms with Gasteiger partial charge < -0.3 is 15.0 Å². The lowest BCUT2D eigenvalue weighted by Crippen LogP contribution is -2.46. The molecule has 0 unspecified atom stereocenters. The van der Waals surface area contributed by atoms with Gasteiger partial charge in [0.05, 0.1) is 13.2 Å². The van der Waals surface area contributed by atoms with Crippen LogP contribution in [0.25, 0.3) is 0 Å². The van der Waals surface area contributed by atoms with Crippen molar-refractivity contribution in [1.29, 1.82) is 0 Å². The predicted octanol–water partition coefficient (Wildman–Crippen LogP) is 1.99. The van der Waals surface area contributed by atoms with Gasteiger partial charge in [-0.1, -0.05) is 12.1 Å². The van der Waals surface area contributed by atoms with Gasteiger partial charge >= 0.3 is 0 Å². The van der Waals surface area contributed by atoms with Gasteiger partial charge in [0.2, 0.25) is 5.91 Å². The highest BCUT2D eigenvalue weighted by Gasteiger charge is 2.25. The van der Waals surface area contributed by atoms with E-state index in [0.717, 1.165) is 45.5 Å². The molecule has 0 spiro atoms. The number of carbonyl (C=O) groups is 1. The van der Waals surface area contributed by atoms with E-state index in [0.29, 0.717) is 18.9 Å². The molecule has 0 radical (unpaired) electrons. The standard InChI is InChI=1S/C18H25FN2O2/c19-16-3-1-14(2-4-16)11-15-5-8-21(9-6-15)18(22)12-17-13-23-10-7-20-17/h1-4,15,17,20H,5-13H2/t17-/m0/s1. The van der Waals surface area contributed by atoms with Crippen molar-refractivity contribution in [3.8, 4) is 0 Å². The van der Waals surface area contributed by atoms with Crippen LogP contribution in [0.3, 0.4) is 0 Å². The Labute approximate surface area is 137 Å².